The van der Waals surface area contributed by atoms with Crippen LogP contribution in [0.5, 0.6) is 5.75 Å². The summed E-state index contributed by atoms with van der Waals surface area (Å²) in [5.74, 6) is 0.673. The summed E-state index contributed by atoms with van der Waals surface area (Å²) in [7, 11) is 1.57. The number of Topliss-reactive ketones (excluding diaryl/α,β-unsaturated/α-hetero) is 1. The Balaban J connectivity index is 2.86. The van der Waals surface area contributed by atoms with Gasteiger partial charge in [-0.25, -0.2) is 0 Å². The van der Waals surface area contributed by atoms with E-state index in [2.05, 4.69) is 4.98 Å². The van der Waals surface area contributed by atoms with E-state index in [-0.39, 0.29) is 5.78 Å². The van der Waals surface area contributed by atoms with E-state index in [4.69, 9.17) is 16.3 Å². The predicted octanol–water partition coefficient (Wildman–Crippen LogP) is 3.34. The van der Waals surface area contributed by atoms with E-state index in [0.717, 1.165) is 16.6 Å². The fraction of sp³-hybridized carbons (Fsp3) is 0.250. The van der Waals surface area contributed by atoms with Crippen molar-refractivity contribution in [2.24, 2.45) is 0 Å². The van der Waals surface area contributed by atoms with E-state index >= 15 is 0 Å². The predicted molar refractivity (Wildman–Crippen MR) is 64.6 cm³/mol. The molecular weight excluding hydrogens is 226 g/mol. The number of ketones is 1. The van der Waals surface area contributed by atoms with Crippen LogP contribution in [0.1, 0.15) is 23.0 Å². The van der Waals surface area contributed by atoms with Gasteiger partial charge in [0.15, 0.2) is 5.78 Å². The first kappa shape index (κ1) is 11.0. The van der Waals surface area contributed by atoms with E-state index in [1.807, 2.05) is 13.0 Å². The lowest BCUT2D eigenvalue weighted by Crippen LogP contribution is -1.93. The average molecular weight is 238 g/mol. The smallest absolute Gasteiger partial charge is 0.162 e. The van der Waals surface area contributed by atoms with E-state index in [9.17, 15) is 4.79 Å². The number of fused-ring (bicyclic) bond motifs is 1. The molecule has 0 spiro atoms. The minimum absolute atomic E-state index is 0.0214. The van der Waals surface area contributed by atoms with Crippen molar-refractivity contribution in [1.82, 2.24) is 4.98 Å². The zero-order valence-corrected chi connectivity index (χ0v) is 10.1. The first-order valence-corrected chi connectivity index (χ1v) is 5.29. The van der Waals surface area contributed by atoms with Gasteiger partial charge in [-0.1, -0.05) is 11.6 Å². The summed E-state index contributed by atoms with van der Waals surface area (Å²) < 4.78 is 5.14. The number of aromatic amines is 1. The van der Waals surface area contributed by atoms with Gasteiger partial charge in [0.05, 0.1) is 17.6 Å². The fourth-order valence-corrected chi connectivity index (χ4v) is 2.19. The monoisotopic (exact) mass is 237 g/mol. The topological polar surface area (TPSA) is 42.1 Å². The van der Waals surface area contributed by atoms with E-state index < -0.39 is 0 Å². The minimum atomic E-state index is 0.0214. The molecule has 2 rings (SSSR count). The van der Waals surface area contributed by atoms with Crippen LogP contribution in [0.4, 0.5) is 0 Å². The molecular formula is C12H12ClNO2. The second-order valence-electron chi connectivity index (χ2n) is 3.71. The molecule has 1 heterocycles. The minimum Gasteiger partial charge on any atom is -0.497 e. The molecule has 0 atom stereocenters. The van der Waals surface area contributed by atoms with Crippen LogP contribution in [0.15, 0.2) is 12.1 Å². The van der Waals surface area contributed by atoms with Crippen LogP contribution in [0, 0.1) is 6.92 Å². The normalized spacial score (nSPS) is 10.8. The highest BCUT2D eigenvalue weighted by Crippen LogP contribution is 2.32. The third-order valence-electron chi connectivity index (χ3n) is 2.61. The number of nitrogens with one attached hydrogen (secondary N) is 1. The molecule has 0 saturated heterocycles. The molecule has 0 unspecified atom stereocenters. The summed E-state index contributed by atoms with van der Waals surface area (Å²) in [6.07, 6.45) is 0. The van der Waals surface area contributed by atoms with Gasteiger partial charge in [0, 0.05) is 22.7 Å². The molecule has 4 heteroatoms. The van der Waals surface area contributed by atoms with Gasteiger partial charge in [-0.15, -0.1) is 0 Å². The van der Waals surface area contributed by atoms with Gasteiger partial charge in [0.1, 0.15) is 5.75 Å². The van der Waals surface area contributed by atoms with Crippen LogP contribution >= 0.6 is 11.6 Å². The number of hydrogen-bond donors (Lipinski definition) is 1. The SMILES string of the molecule is COc1cc(Cl)c2[nH]c(C)c(C(C)=O)c2c1. The Morgan fingerprint density at radius 3 is 2.69 bits per heavy atom. The van der Waals surface area contributed by atoms with Crippen molar-refractivity contribution in [2.75, 3.05) is 7.11 Å². The van der Waals surface area contributed by atoms with Crippen molar-refractivity contribution in [3.8, 4) is 5.75 Å². The molecule has 1 aromatic heterocycles. The Bertz CT molecular complexity index is 572. The molecule has 0 aliphatic heterocycles. The van der Waals surface area contributed by atoms with Gasteiger partial charge in [-0.2, -0.15) is 0 Å². The zero-order valence-electron chi connectivity index (χ0n) is 9.35. The quantitative estimate of drug-likeness (QED) is 0.814. The summed E-state index contributed by atoms with van der Waals surface area (Å²) in [5.41, 5.74) is 2.29. The van der Waals surface area contributed by atoms with E-state index in [1.54, 1.807) is 20.1 Å². The number of hydrogen-bond acceptors (Lipinski definition) is 2. The number of ether oxygens (including phenoxy) is 1. The number of methoxy groups -OCH3 is 1. The Labute approximate surface area is 98.4 Å². The summed E-state index contributed by atoms with van der Waals surface area (Å²) in [5, 5.41) is 1.37. The van der Waals surface area contributed by atoms with Crippen LogP contribution in [-0.4, -0.2) is 17.9 Å². The summed E-state index contributed by atoms with van der Waals surface area (Å²) in [4.78, 5) is 14.7. The molecule has 84 valence electrons. The maximum Gasteiger partial charge on any atom is 0.162 e. The largest absolute Gasteiger partial charge is 0.497 e. The molecule has 0 radical (unpaired) electrons. The van der Waals surface area contributed by atoms with Crippen LogP contribution in [-0.2, 0) is 0 Å². The third-order valence-corrected chi connectivity index (χ3v) is 2.91. The second kappa shape index (κ2) is 3.83. The molecule has 0 bridgehead atoms. The first-order valence-electron chi connectivity index (χ1n) is 4.91. The van der Waals surface area contributed by atoms with E-state index in [0.29, 0.717) is 16.3 Å². The molecule has 0 fully saturated rings. The molecule has 0 aliphatic rings. The Kier molecular flexibility index (Phi) is 2.64. The number of rotatable bonds is 2. The van der Waals surface area contributed by atoms with Crippen LogP contribution < -0.4 is 4.74 Å². The van der Waals surface area contributed by atoms with Crippen molar-refractivity contribution in [3.05, 3.63) is 28.4 Å². The molecule has 0 aliphatic carbocycles. The Morgan fingerprint density at radius 1 is 1.44 bits per heavy atom. The number of H-pyrrole nitrogens is 1. The summed E-state index contributed by atoms with van der Waals surface area (Å²) >= 11 is 6.11. The van der Waals surface area contributed by atoms with Crippen molar-refractivity contribution >= 4 is 28.3 Å². The average Bonchev–Trinajstić information content (AvgIpc) is 2.54. The molecule has 1 N–H and O–H groups in total. The number of carbonyl (C=O) groups excluding carboxylic acids is 1. The van der Waals surface area contributed by atoms with Gasteiger partial charge in [-0.3, -0.25) is 4.79 Å². The van der Waals surface area contributed by atoms with E-state index in [1.165, 1.54) is 0 Å². The summed E-state index contributed by atoms with van der Waals surface area (Å²) in [6, 6.07) is 3.55. The number of aryl methyl sites for hydroxylation is 1. The Morgan fingerprint density at radius 2 is 2.12 bits per heavy atom. The highest BCUT2D eigenvalue weighted by atomic mass is 35.5. The zero-order chi connectivity index (χ0) is 11.9. The van der Waals surface area contributed by atoms with Crippen LogP contribution in [0.2, 0.25) is 5.02 Å². The highest BCUT2D eigenvalue weighted by Gasteiger charge is 2.15. The fourth-order valence-electron chi connectivity index (χ4n) is 1.93. The molecule has 3 nitrogen and oxygen atoms in total. The molecule has 2 aromatic rings. The maximum absolute atomic E-state index is 11.5. The van der Waals surface area contributed by atoms with Crippen LogP contribution in [0.25, 0.3) is 10.9 Å². The Hall–Kier alpha value is -1.48. The first-order chi connectivity index (χ1) is 7.54. The van der Waals surface area contributed by atoms with Gasteiger partial charge in [0.2, 0.25) is 0 Å². The summed E-state index contributed by atoms with van der Waals surface area (Å²) in [6.45, 7) is 3.41. The molecule has 1 aromatic carbocycles. The highest BCUT2D eigenvalue weighted by molar-refractivity contribution is 6.36. The second-order valence-corrected chi connectivity index (χ2v) is 4.12. The molecule has 16 heavy (non-hydrogen) atoms. The maximum atomic E-state index is 11.5. The number of aromatic nitrogens is 1. The van der Waals surface area contributed by atoms with Crippen LogP contribution in [0.3, 0.4) is 0 Å². The number of carbonyl (C=O) groups is 1. The van der Waals surface area contributed by atoms with Crippen molar-refractivity contribution in [1.29, 1.82) is 0 Å². The van der Waals surface area contributed by atoms with Gasteiger partial charge < -0.3 is 9.72 Å². The molecule has 0 amide bonds. The lowest BCUT2D eigenvalue weighted by atomic mass is 10.1. The number of benzene rings is 1. The molecule has 0 saturated carbocycles. The van der Waals surface area contributed by atoms with Crippen molar-refractivity contribution < 1.29 is 9.53 Å². The van der Waals surface area contributed by atoms with Gasteiger partial charge in [0.25, 0.3) is 0 Å². The van der Waals surface area contributed by atoms with Gasteiger partial charge in [-0.05, 0) is 19.9 Å². The lowest BCUT2D eigenvalue weighted by molar-refractivity contribution is 0.101. The lowest BCUT2D eigenvalue weighted by Gasteiger charge is -2.02. The standard InChI is InChI=1S/C12H12ClNO2/c1-6-11(7(2)15)9-4-8(16-3)5-10(13)12(9)14-6/h4-5,14H,1-3H3. The van der Waals surface area contributed by atoms with Gasteiger partial charge >= 0.3 is 0 Å². The third kappa shape index (κ3) is 1.57. The number of halogens is 1. The van der Waals surface area contributed by atoms with Crippen molar-refractivity contribution in [3.63, 3.8) is 0 Å². The van der Waals surface area contributed by atoms with Crippen molar-refractivity contribution in [2.45, 2.75) is 13.8 Å².